The summed E-state index contributed by atoms with van der Waals surface area (Å²) in [6.07, 6.45) is 2.50. The molecule has 7 nitrogen and oxygen atoms in total. The summed E-state index contributed by atoms with van der Waals surface area (Å²) in [6, 6.07) is 15.1. The van der Waals surface area contributed by atoms with Crippen molar-refractivity contribution in [3.05, 3.63) is 82.3 Å². The highest BCUT2D eigenvalue weighted by atomic mass is 16.5. The maximum atomic E-state index is 13.0. The Morgan fingerprint density at radius 2 is 1.88 bits per heavy atom. The number of hydrazone groups is 1. The molecule has 0 unspecified atom stereocenters. The number of hydrogen-bond donors (Lipinski definition) is 2. The molecule has 0 aliphatic heterocycles. The normalized spacial score (nSPS) is 14.0. The van der Waals surface area contributed by atoms with Gasteiger partial charge < -0.3 is 14.5 Å². The summed E-state index contributed by atoms with van der Waals surface area (Å²) in [4.78, 5) is 25.4. The van der Waals surface area contributed by atoms with Gasteiger partial charge in [0.1, 0.15) is 11.5 Å². The summed E-state index contributed by atoms with van der Waals surface area (Å²) >= 11 is 0. The molecule has 0 atom stereocenters. The van der Waals surface area contributed by atoms with E-state index in [-0.39, 0.29) is 24.0 Å². The molecule has 2 aromatic carbocycles. The molecule has 0 radical (unpaired) electrons. The van der Waals surface area contributed by atoms with Gasteiger partial charge in [-0.25, -0.2) is 5.43 Å². The Kier molecular flexibility index (Phi) is 6.58. The van der Waals surface area contributed by atoms with E-state index in [0.29, 0.717) is 29.8 Å². The molecule has 4 rings (SSSR count). The van der Waals surface area contributed by atoms with Gasteiger partial charge in [0.15, 0.2) is 5.76 Å². The summed E-state index contributed by atoms with van der Waals surface area (Å²) in [5.41, 5.74) is 7.41. The van der Waals surface area contributed by atoms with Crippen LogP contribution >= 0.6 is 0 Å². The topological polar surface area (TPSA) is 92.9 Å². The van der Waals surface area contributed by atoms with Crippen molar-refractivity contribution in [3.63, 3.8) is 0 Å². The molecule has 0 saturated heterocycles. The molecule has 1 aliphatic carbocycles. The number of furan rings is 1. The van der Waals surface area contributed by atoms with Crippen LogP contribution in [0.1, 0.15) is 51.4 Å². The number of anilines is 1. The van der Waals surface area contributed by atoms with Crippen molar-refractivity contribution in [2.75, 3.05) is 12.4 Å². The van der Waals surface area contributed by atoms with E-state index in [2.05, 4.69) is 15.8 Å². The van der Waals surface area contributed by atoms with E-state index in [1.54, 1.807) is 7.11 Å². The van der Waals surface area contributed by atoms with Gasteiger partial charge in [0.05, 0.1) is 24.9 Å². The number of methoxy groups -OCH3 is 1. The highest BCUT2D eigenvalue weighted by Crippen LogP contribution is 2.31. The predicted molar refractivity (Wildman–Crippen MR) is 127 cm³/mol. The lowest BCUT2D eigenvalue weighted by Gasteiger charge is -2.13. The highest BCUT2D eigenvalue weighted by Gasteiger charge is 2.28. The molecule has 0 saturated carbocycles. The SMILES string of the molecule is COc1ccc(C)cc1NC(=O)c1oc2c(c1C)/C(=N/NC(=O)Cc1ccccc1)CCC2. The zero-order valence-electron chi connectivity index (χ0n) is 19.0. The molecule has 1 aromatic heterocycles. The maximum absolute atomic E-state index is 13.0. The number of carbonyl (C=O) groups excluding carboxylic acids is 2. The Morgan fingerprint density at radius 3 is 2.64 bits per heavy atom. The van der Waals surface area contributed by atoms with Crippen LogP contribution in [0.3, 0.4) is 0 Å². The van der Waals surface area contributed by atoms with E-state index in [1.165, 1.54) is 0 Å². The van der Waals surface area contributed by atoms with Crippen LogP contribution in [0.25, 0.3) is 0 Å². The molecule has 2 N–H and O–H groups in total. The quantitative estimate of drug-likeness (QED) is 0.544. The van der Waals surface area contributed by atoms with Crippen LogP contribution in [-0.4, -0.2) is 24.6 Å². The first kappa shape index (κ1) is 22.3. The molecule has 2 amide bonds. The third-order valence-corrected chi connectivity index (χ3v) is 5.66. The minimum Gasteiger partial charge on any atom is -0.495 e. The number of nitrogens with zero attached hydrogens (tertiary/aromatic N) is 1. The third-order valence-electron chi connectivity index (χ3n) is 5.66. The fraction of sp³-hybridized carbons (Fsp3) is 0.269. The number of fused-ring (bicyclic) bond motifs is 1. The first-order valence-corrected chi connectivity index (χ1v) is 10.9. The largest absolute Gasteiger partial charge is 0.495 e. The number of nitrogens with one attached hydrogen (secondary N) is 2. The second-order valence-electron chi connectivity index (χ2n) is 8.12. The minimum atomic E-state index is -0.349. The van der Waals surface area contributed by atoms with Crippen LogP contribution in [-0.2, 0) is 17.6 Å². The summed E-state index contributed by atoms with van der Waals surface area (Å²) in [6.45, 7) is 3.79. The average Bonchev–Trinajstić information content (AvgIpc) is 3.16. The van der Waals surface area contributed by atoms with Crippen LogP contribution in [0.5, 0.6) is 5.75 Å². The van der Waals surface area contributed by atoms with Gasteiger partial charge in [-0.1, -0.05) is 36.4 Å². The van der Waals surface area contributed by atoms with Crippen LogP contribution < -0.4 is 15.5 Å². The molecule has 7 heteroatoms. The number of aryl methyl sites for hydroxylation is 2. The summed E-state index contributed by atoms with van der Waals surface area (Å²) in [7, 11) is 1.56. The summed E-state index contributed by atoms with van der Waals surface area (Å²) in [5, 5.41) is 7.28. The maximum Gasteiger partial charge on any atom is 0.291 e. The van der Waals surface area contributed by atoms with E-state index in [0.717, 1.165) is 34.6 Å². The number of carbonyl (C=O) groups is 2. The average molecular weight is 446 g/mol. The summed E-state index contributed by atoms with van der Waals surface area (Å²) in [5.74, 6) is 1.00. The molecule has 1 heterocycles. The van der Waals surface area contributed by atoms with Crippen molar-refractivity contribution in [1.29, 1.82) is 0 Å². The minimum absolute atomic E-state index is 0.188. The fourth-order valence-corrected chi connectivity index (χ4v) is 4.05. The van der Waals surface area contributed by atoms with Crippen molar-refractivity contribution in [2.24, 2.45) is 5.10 Å². The Hall–Kier alpha value is -3.87. The lowest BCUT2D eigenvalue weighted by Crippen LogP contribution is -2.23. The van der Waals surface area contributed by atoms with Crippen LogP contribution in [0.2, 0.25) is 0 Å². The smallest absolute Gasteiger partial charge is 0.291 e. The van der Waals surface area contributed by atoms with Crippen LogP contribution in [0.4, 0.5) is 5.69 Å². The zero-order valence-corrected chi connectivity index (χ0v) is 19.0. The van der Waals surface area contributed by atoms with Gasteiger partial charge in [-0.15, -0.1) is 0 Å². The fourth-order valence-electron chi connectivity index (χ4n) is 4.05. The van der Waals surface area contributed by atoms with Crippen molar-refractivity contribution in [1.82, 2.24) is 5.43 Å². The molecule has 170 valence electrons. The van der Waals surface area contributed by atoms with Gasteiger partial charge in [-0.3, -0.25) is 9.59 Å². The van der Waals surface area contributed by atoms with Gasteiger partial charge >= 0.3 is 0 Å². The molecule has 0 fully saturated rings. The van der Waals surface area contributed by atoms with Crippen LogP contribution in [0, 0.1) is 13.8 Å². The molecule has 0 spiro atoms. The third kappa shape index (κ3) is 4.98. The number of hydrogen-bond acceptors (Lipinski definition) is 5. The van der Waals surface area contributed by atoms with Gasteiger partial charge in [-0.2, -0.15) is 5.10 Å². The number of amides is 2. The first-order chi connectivity index (χ1) is 16.0. The zero-order chi connectivity index (χ0) is 23.4. The Labute approximate surface area is 192 Å². The Bertz CT molecular complexity index is 1210. The van der Waals surface area contributed by atoms with Gasteiger partial charge in [0, 0.05) is 17.5 Å². The Balaban J connectivity index is 1.54. The van der Waals surface area contributed by atoms with E-state index in [1.807, 2.05) is 62.4 Å². The standard InChI is InChI=1S/C26H27N3O4/c1-16-12-13-21(32-3)20(14-16)27-26(31)25-17(2)24-19(10-7-11-22(24)33-25)28-29-23(30)15-18-8-5-4-6-9-18/h4-6,8-9,12-14H,7,10-11,15H2,1-3H3,(H,27,31)(H,29,30)/b28-19+. The van der Waals surface area contributed by atoms with E-state index < -0.39 is 0 Å². The summed E-state index contributed by atoms with van der Waals surface area (Å²) < 4.78 is 11.3. The highest BCUT2D eigenvalue weighted by molar-refractivity contribution is 6.09. The second kappa shape index (κ2) is 9.73. The first-order valence-electron chi connectivity index (χ1n) is 10.9. The van der Waals surface area contributed by atoms with Crippen molar-refractivity contribution < 1.29 is 18.7 Å². The van der Waals surface area contributed by atoms with Crippen LogP contribution in [0.15, 0.2) is 58.0 Å². The van der Waals surface area contributed by atoms with Crippen molar-refractivity contribution >= 4 is 23.2 Å². The van der Waals surface area contributed by atoms with Crippen molar-refractivity contribution in [2.45, 2.75) is 39.5 Å². The molecule has 0 bridgehead atoms. The van der Waals surface area contributed by atoms with Gasteiger partial charge in [-0.05, 0) is 49.9 Å². The van der Waals surface area contributed by atoms with E-state index in [4.69, 9.17) is 9.15 Å². The molecule has 33 heavy (non-hydrogen) atoms. The number of ether oxygens (including phenoxy) is 1. The second-order valence-corrected chi connectivity index (χ2v) is 8.12. The van der Waals surface area contributed by atoms with Gasteiger partial charge in [0.2, 0.25) is 5.91 Å². The lowest BCUT2D eigenvalue weighted by atomic mass is 9.93. The predicted octanol–water partition coefficient (Wildman–Crippen LogP) is 4.56. The number of rotatable bonds is 6. The molecule has 1 aliphatic rings. The van der Waals surface area contributed by atoms with E-state index >= 15 is 0 Å². The Morgan fingerprint density at radius 1 is 1.09 bits per heavy atom. The van der Waals surface area contributed by atoms with Crippen molar-refractivity contribution in [3.8, 4) is 5.75 Å². The molecular weight excluding hydrogens is 418 g/mol. The molecule has 3 aromatic rings. The van der Waals surface area contributed by atoms with E-state index in [9.17, 15) is 9.59 Å². The molecular formula is C26H27N3O4. The number of benzene rings is 2. The monoisotopic (exact) mass is 445 g/mol. The van der Waals surface area contributed by atoms with Gasteiger partial charge in [0.25, 0.3) is 5.91 Å². The lowest BCUT2D eigenvalue weighted by molar-refractivity contribution is -0.120.